The van der Waals surface area contributed by atoms with Gasteiger partial charge in [-0.2, -0.15) is 0 Å². The molecule has 2 aromatic carbocycles. The number of ether oxygens (including phenoxy) is 2. The van der Waals surface area contributed by atoms with Crippen LogP contribution in [-0.4, -0.2) is 81.1 Å². The maximum atomic E-state index is 12.9. The van der Waals surface area contributed by atoms with Gasteiger partial charge in [0.25, 0.3) is 0 Å². The van der Waals surface area contributed by atoms with Crippen molar-refractivity contribution in [2.45, 2.75) is 69.8 Å². The van der Waals surface area contributed by atoms with Gasteiger partial charge in [0, 0.05) is 43.7 Å². The van der Waals surface area contributed by atoms with Gasteiger partial charge < -0.3 is 20.1 Å². The van der Waals surface area contributed by atoms with Crippen LogP contribution in [-0.2, 0) is 38.7 Å². The fourth-order valence-corrected chi connectivity index (χ4v) is 8.97. The predicted molar refractivity (Wildman–Crippen MR) is 193 cm³/mol. The number of benzene rings is 2. The van der Waals surface area contributed by atoms with Gasteiger partial charge in [0.2, 0.25) is 11.8 Å². The zero-order chi connectivity index (χ0) is 35.9. The number of nitrogens with zero attached hydrogens (tertiary/aromatic N) is 1. The zero-order valence-electron chi connectivity index (χ0n) is 29.0. The van der Waals surface area contributed by atoms with Crippen molar-refractivity contribution in [3.63, 3.8) is 0 Å². The number of hydrogen-bond donors (Lipinski definition) is 2. The minimum absolute atomic E-state index is 0.0120. The van der Waals surface area contributed by atoms with Crippen LogP contribution in [0.1, 0.15) is 58.9 Å². The summed E-state index contributed by atoms with van der Waals surface area (Å²) in [4.78, 5) is 29.4. The molecule has 2 N–H and O–H groups in total. The summed E-state index contributed by atoms with van der Waals surface area (Å²) < 4.78 is 58.7. The molecule has 1 aromatic heterocycles. The highest BCUT2D eigenvalue weighted by molar-refractivity contribution is 7.93. The molecule has 3 aromatic rings. The lowest BCUT2D eigenvalue weighted by Crippen LogP contribution is -2.47. The van der Waals surface area contributed by atoms with Crippen LogP contribution in [0.25, 0.3) is 10.8 Å². The van der Waals surface area contributed by atoms with Crippen molar-refractivity contribution < 1.29 is 35.9 Å². The molecule has 0 atom stereocenters. The van der Waals surface area contributed by atoms with E-state index in [1.165, 1.54) is 27.7 Å². The van der Waals surface area contributed by atoms with Gasteiger partial charge in [0.05, 0.1) is 11.5 Å². The van der Waals surface area contributed by atoms with Crippen LogP contribution in [0.2, 0.25) is 0 Å². The predicted octanol–water partition coefficient (Wildman–Crippen LogP) is 5.35. The molecule has 0 spiro atoms. The summed E-state index contributed by atoms with van der Waals surface area (Å²) in [7, 11) is -7.18. The van der Waals surface area contributed by atoms with Gasteiger partial charge in [-0.1, -0.05) is 42.5 Å². The van der Waals surface area contributed by atoms with E-state index in [0.29, 0.717) is 37.9 Å². The van der Waals surface area contributed by atoms with Gasteiger partial charge in [-0.15, -0.1) is 0 Å². The smallest absolute Gasteiger partial charge is 0.246 e. The van der Waals surface area contributed by atoms with Crippen molar-refractivity contribution in [3.8, 4) is 0 Å². The molecule has 2 fully saturated rings. The highest BCUT2D eigenvalue weighted by Crippen LogP contribution is 2.29. The quantitative estimate of drug-likeness (QED) is 0.283. The Morgan fingerprint density at radius 2 is 1.20 bits per heavy atom. The van der Waals surface area contributed by atoms with E-state index in [1.54, 1.807) is 18.3 Å². The normalized spacial score (nSPS) is 16.8. The Hall–Kier alpha value is -3.39. The standard InChI is InChI=1S/C20H25NO4S.C16H24N2O4S/c1-20(2,26(23,24)14-15-10-12-25-13-11-15)19(22)21-18-9-5-7-16-6-3-4-8-17(16)18;1-12-4-5-14(17-10-12)18-15(19)16(2,3)23(20,21)11-13-6-8-22-9-7-13/h3-9,15H,10-14H2,1-2H3,(H,21,22);4-5,10,13H,6-9,11H2,1-3H3,(H,17,18,19). The number of aryl methyl sites for hydroxylation is 1. The second kappa shape index (κ2) is 16.1. The van der Waals surface area contributed by atoms with Gasteiger partial charge >= 0.3 is 0 Å². The molecule has 0 bridgehead atoms. The number of sulfone groups is 2. The third-order valence-corrected chi connectivity index (χ3v) is 14.7. The summed E-state index contributed by atoms with van der Waals surface area (Å²) in [5, 5.41) is 7.31. The van der Waals surface area contributed by atoms with Crippen LogP contribution in [0, 0.1) is 18.8 Å². The molecule has 13 heteroatoms. The van der Waals surface area contributed by atoms with Crippen molar-refractivity contribution in [3.05, 3.63) is 66.4 Å². The lowest BCUT2D eigenvalue weighted by atomic mass is 10.0. The molecule has 3 heterocycles. The highest BCUT2D eigenvalue weighted by atomic mass is 32.2. The van der Waals surface area contributed by atoms with Crippen molar-refractivity contribution in [2.24, 2.45) is 11.8 Å². The molecule has 268 valence electrons. The SMILES string of the molecule is CC(C)(C(=O)Nc1cccc2ccccc12)S(=O)(=O)CC1CCOCC1.Cc1ccc(NC(=O)C(C)(C)S(=O)(=O)CC2CCOCC2)nc1. The van der Waals surface area contributed by atoms with Crippen molar-refractivity contribution in [2.75, 3.05) is 48.6 Å². The molecule has 2 amide bonds. The summed E-state index contributed by atoms with van der Waals surface area (Å²) in [6.45, 7) is 10.1. The number of pyridine rings is 1. The van der Waals surface area contributed by atoms with E-state index in [-0.39, 0.29) is 23.3 Å². The van der Waals surface area contributed by atoms with Gasteiger partial charge in [-0.25, -0.2) is 21.8 Å². The number of aromatic nitrogens is 1. The summed E-state index contributed by atoms with van der Waals surface area (Å²) in [5.41, 5.74) is 1.59. The molecule has 49 heavy (non-hydrogen) atoms. The molecular weight excluding hydrogens is 667 g/mol. The number of carbonyl (C=O) groups excluding carboxylic acids is 2. The number of carbonyl (C=O) groups is 2. The van der Waals surface area contributed by atoms with Crippen LogP contribution in [0.5, 0.6) is 0 Å². The minimum Gasteiger partial charge on any atom is -0.381 e. The lowest BCUT2D eigenvalue weighted by Gasteiger charge is -2.28. The summed E-state index contributed by atoms with van der Waals surface area (Å²) >= 11 is 0. The monoisotopic (exact) mass is 715 g/mol. The fourth-order valence-electron chi connectivity index (χ4n) is 5.56. The largest absolute Gasteiger partial charge is 0.381 e. The third kappa shape index (κ3) is 9.65. The van der Waals surface area contributed by atoms with E-state index >= 15 is 0 Å². The van der Waals surface area contributed by atoms with Crippen molar-refractivity contribution >= 4 is 53.8 Å². The van der Waals surface area contributed by atoms with Crippen LogP contribution >= 0.6 is 0 Å². The summed E-state index contributed by atoms with van der Waals surface area (Å²) in [6.07, 6.45) is 4.51. The maximum Gasteiger partial charge on any atom is 0.246 e. The van der Waals surface area contributed by atoms with Gasteiger partial charge in [-0.05, 0) is 95.2 Å². The summed E-state index contributed by atoms with van der Waals surface area (Å²) in [5.74, 6) is -0.557. The van der Waals surface area contributed by atoms with E-state index in [2.05, 4.69) is 15.6 Å². The summed E-state index contributed by atoms with van der Waals surface area (Å²) in [6, 6.07) is 16.8. The number of nitrogens with one attached hydrogen (secondary N) is 2. The van der Waals surface area contributed by atoms with Gasteiger partial charge in [0.1, 0.15) is 15.3 Å². The Bertz CT molecular complexity index is 1810. The van der Waals surface area contributed by atoms with E-state index in [4.69, 9.17) is 9.47 Å². The van der Waals surface area contributed by atoms with E-state index in [9.17, 15) is 26.4 Å². The van der Waals surface area contributed by atoms with Gasteiger partial charge in [0.15, 0.2) is 19.7 Å². The average molecular weight is 716 g/mol. The number of rotatable bonds is 10. The molecule has 0 aliphatic carbocycles. The Morgan fingerprint density at radius 3 is 1.71 bits per heavy atom. The maximum absolute atomic E-state index is 12.9. The lowest BCUT2D eigenvalue weighted by molar-refractivity contribution is -0.118. The topological polar surface area (TPSA) is 158 Å². The first-order valence-electron chi connectivity index (χ1n) is 16.7. The first kappa shape index (κ1) is 38.4. The Balaban J connectivity index is 0.000000223. The number of fused-ring (bicyclic) bond motifs is 1. The first-order valence-corrected chi connectivity index (χ1v) is 20.0. The van der Waals surface area contributed by atoms with E-state index in [1.807, 2.05) is 49.4 Å². The second-order valence-electron chi connectivity index (χ2n) is 13.9. The average Bonchev–Trinajstić information content (AvgIpc) is 3.06. The number of anilines is 2. The van der Waals surface area contributed by atoms with Crippen molar-refractivity contribution in [1.29, 1.82) is 0 Å². The zero-order valence-corrected chi connectivity index (χ0v) is 30.7. The third-order valence-electron chi connectivity index (χ3n) is 9.43. The molecule has 0 radical (unpaired) electrons. The number of amides is 2. The molecule has 2 saturated heterocycles. The van der Waals surface area contributed by atoms with E-state index < -0.39 is 41.0 Å². The van der Waals surface area contributed by atoms with E-state index in [0.717, 1.165) is 42.0 Å². The molecule has 0 saturated carbocycles. The first-order chi connectivity index (χ1) is 23.0. The van der Waals surface area contributed by atoms with Crippen LogP contribution in [0.4, 0.5) is 11.5 Å². The minimum atomic E-state index is -3.60. The molecular formula is C36H49N3O8S2. The van der Waals surface area contributed by atoms with Crippen LogP contribution < -0.4 is 10.6 Å². The highest BCUT2D eigenvalue weighted by Gasteiger charge is 2.44. The molecule has 2 aliphatic rings. The Morgan fingerprint density at radius 1 is 0.714 bits per heavy atom. The van der Waals surface area contributed by atoms with Crippen LogP contribution in [0.15, 0.2) is 60.8 Å². The Kier molecular flexibility index (Phi) is 12.6. The van der Waals surface area contributed by atoms with Crippen LogP contribution in [0.3, 0.4) is 0 Å². The second-order valence-corrected chi connectivity index (χ2v) is 19.0. The number of hydrogen-bond acceptors (Lipinski definition) is 9. The molecule has 11 nitrogen and oxygen atoms in total. The van der Waals surface area contributed by atoms with Crippen molar-refractivity contribution in [1.82, 2.24) is 4.98 Å². The molecule has 5 rings (SSSR count). The van der Waals surface area contributed by atoms with Gasteiger partial charge in [-0.3, -0.25) is 9.59 Å². The molecule has 2 aliphatic heterocycles. The fraction of sp³-hybridized carbons (Fsp3) is 0.528. The Labute approximate surface area is 290 Å². The molecule has 0 unspecified atom stereocenters.